The van der Waals surface area contributed by atoms with E-state index in [0.717, 1.165) is 54.0 Å². The second kappa shape index (κ2) is 6.52. The molecule has 3 heterocycles. The van der Waals surface area contributed by atoms with Gasteiger partial charge in [-0.1, -0.05) is 6.07 Å². The number of nitrogens with one attached hydrogen (secondary N) is 1. The van der Waals surface area contributed by atoms with Crippen molar-refractivity contribution in [2.24, 2.45) is 0 Å². The van der Waals surface area contributed by atoms with Crippen LogP contribution in [0.15, 0.2) is 43.0 Å². The quantitative estimate of drug-likeness (QED) is 0.733. The van der Waals surface area contributed by atoms with Gasteiger partial charge in [0.2, 0.25) is 0 Å². The van der Waals surface area contributed by atoms with E-state index in [2.05, 4.69) is 37.0 Å². The van der Waals surface area contributed by atoms with E-state index in [1.165, 1.54) is 0 Å². The molecule has 4 rings (SSSR count). The van der Waals surface area contributed by atoms with E-state index in [9.17, 15) is 0 Å². The monoisotopic (exact) mass is 333 g/mol. The fourth-order valence-electron chi connectivity index (χ4n) is 3.08. The molecule has 0 aliphatic carbocycles. The second-order valence-electron chi connectivity index (χ2n) is 6.21. The number of hydrogen-bond acceptors (Lipinski definition) is 7. The molecule has 1 N–H and O–H groups in total. The highest BCUT2D eigenvalue weighted by molar-refractivity contribution is 6.14. The van der Waals surface area contributed by atoms with E-state index in [1.54, 1.807) is 24.8 Å². The van der Waals surface area contributed by atoms with Crippen molar-refractivity contribution in [3.8, 4) is 0 Å². The van der Waals surface area contributed by atoms with Gasteiger partial charge in [-0.05, 0) is 19.2 Å². The lowest BCUT2D eigenvalue weighted by Crippen LogP contribution is -2.45. The zero-order valence-corrected chi connectivity index (χ0v) is 14.1. The Hall–Kier alpha value is -2.93. The molecule has 1 aliphatic rings. The van der Waals surface area contributed by atoms with Crippen LogP contribution in [-0.2, 0) is 0 Å². The number of piperazine rings is 1. The van der Waals surface area contributed by atoms with Gasteiger partial charge >= 0.3 is 0 Å². The van der Waals surface area contributed by atoms with Crippen molar-refractivity contribution in [1.82, 2.24) is 25.1 Å². The summed E-state index contributed by atoms with van der Waals surface area (Å²) in [7, 11) is 2.13. The number of benzene rings is 1. The van der Waals surface area contributed by atoms with Gasteiger partial charge in [-0.2, -0.15) is 10.2 Å². The van der Waals surface area contributed by atoms with Crippen LogP contribution in [-0.4, -0.2) is 64.0 Å². The Morgan fingerprint density at radius 1 is 0.960 bits per heavy atom. The molecule has 0 amide bonds. The molecule has 0 unspecified atom stereocenters. The van der Waals surface area contributed by atoms with E-state index in [0.29, 0.717) is 5.71 Å². The molecule has 0 radical (unpaired) electrons. The summed E-state index contributed by atoms with van der Waals surface area (Å²) >= 11 is 0. The SMILES string of the molecule is CN1CCN(c2cnncc2C(=N)c2ccc3nccnc3c2)CC1. The van der Waals surface area contributed by atoms with Crippen molar-refractivity contribution >= 4 is 22.4 Å². The summed E-state index contributed by atoms with van der Waals surface area (Å²) in [6, 6.07) is 5.71. The van der Waals surface area contributed by atoms with Gasteiger partial charge in [0.15, 0.2) is 0 Å². The first-order valence-electron chi connectivity index (χ1n) is 8.26. The molecule has 126 valence electrons. The molecule has 0 spiro atoms. The third kappa shape index (κ3) is 3.06. The summed E-state index contributed by atoms with van der Waals surface area (Å²) in [6.07, 6.45) is 6.78. The summed E-state index contributed by atoms with van der Waals surface area (Å²) < 4.78 is 0. The molecule has 25 heavy (non-hydrogen) atoms. The van der Waals surface area contributed by atoms with E-state index < -0.39 is 0 Å². The molecule has 0 atom stereocenters. The summed E-state index contributed by atoms with van der Waals surface area (Å²) in [5.74, 6) is 0. The van der Waals surface area contributed by atoms with Gasteiger partial charge < -0.3 is 9.80 Å². The molecule has 1 aliphatic heterocycles. The first-order chi connectivity index (χ1) is 12.2. The fraction of sp³-hybridized carbons (Fsp3) is 0.278. The average Bonchev–Trinajstić information content (AvgIpc) is 2.68. The van der Waals surface area contributed by atoms with Crippen molar-refractivity contribution in [2.75, 3.05) is 38.1 Å². The van der Waals surface area contributed by atoms with E-state index >= 15 is 0 Å². The van der Waals surface area contributed by atoms with Gasteiger partial charge in [-0.3, -0.25) is 15.4 Å². The zero-order valence-electron chi connectivity index (χ0n) is 14.1. The first-order valence-corrected chi connectivity index (χ1v) is 8.26. The minimum absolute atomic E-state index is 0.427. The molecule has 2 aromatic heterocycles. The maximum absolute atomic E-state index is 8.69. The fourth-order valence-corrected chi connectivity index (χ4v) is 3.08. The predicted molar refractivity (Wildman–Crippen MR) is 97.2 cm³/mol. The zero-order chi connectivity index (χ0) is 17.2. The highest BCUT2D eigenvalue weighted by Crippen LogP contribution is 2.23. The molecule has 7 heteroatoms. The van der Waals surface area contributed by atoms with Gasteiger partial charge in [0.1, 0.15) is 0 Å². The first kappa shape index (κ1) is 15.6. The van der Waals surface area contributed by atoms with E-state index in [-0.39, 0.29) is 0 Å². The molecule has 0 saturated carbocycles. The van der Waals surface area contributed by atoms with Crippen LogP contribution in [0.25, 0.3) is 11.0 Å². The number of hydrogen-bond donors (Lipinski definition) is 1. The molecule has 1 fully saturated rings. The maximum atomic E-state index is 8.69. The minimum atomic E-state index is 0.427. The number of aromatic nitrogens is 4. The van der Waals surface area contributed by atoms with Crippen LogP contribution in [0.3, 0.4) is 0 Å². The maximum Gasteiger partial charge on any atom is 0.0893 e. The lowest BCUT2D eigenvalue weighted by atomic mass is 10.0. The normalized spacial score (nSPS) is 15.5. The smallest absolute Gasteiger partial charge is 0.0893 e. The molecule has 1 saturated heterocycles. The number of anilines is 1. The molecular formula is C18H19N7. The number of rotatable bonds is 3. The molecule has 1 aromatic carbocycles. The number of fused-ring (bicyclic) bond motifs is 1. The molecule has 0 bridgehead atoms. The highest BCUT2D eigenvalue weighted by Gasteiger charge is 2.20. The Balaban J connectivity index is 1.69. The third-order valence-electron chi connectivity index (χ3n) is 4.58. The average molecular weight is 333 g/mol. The molecular weight excluding hydrogens is 314 g/mol. The summed E-state index contributed by atoms with van der Waals surface area (Å²) in [5, 5.41) is 16.7. The van der Waals surface area contributed by atoms with Crippen molar-refractivity contribution in [2.45, 2.75) is 0 Å². The minimum Gasteiger partial charge on any atom is -0.367 e. The van der Waals surface area contributed by atoms with Gasteiger partial charge in [0, 0.05) is 49.7 Å². The third-order valence-corrected chi connectivity index (χ3v) is 4.58. The Labute approximate surface area is 145 Å². The predicted octanol–water partition coefficient (Wildman–Crippen LogP) is 1.59. The van der Waals surface area contributed by atoms with Gasteiger partial charge in [0.05, 0.1) is 34.8 Å². The topological polar surface area (TPSA) is 81.9 Å². The summed E-state index contributed by atoms with van der Waals surface area (Å²) in [5.41, 5.74) is 4.60. The number of nitrogens with zero attached hydrogens (tertiary/aromatic N) is 6. The van der Waals surface area contributed by atoms with Crippen molar-refractivity contribution in [1.29, 1.82) is 5.41 Å². The molecule has 7 nitrogen and oxygen atoms in total. The Morgan fingerprint density at radius 3 is 2.48 bits per heavy atom. The van der Waals surface area contributed by atoms with Crippen LogP contribution < -0.4 is 4.90 Å². The summed E-state index contributed by atoms with van der Waals surface area (Å²) in [4.78, 5) is 13.2. The van der Waals surface area contributed by atoms with Crippen molar-refractivity contribution in [3.63, 3.8) is 0 Å². The van der Waals surface area contributed by atoms with Gasteiger partial charge in [-0.25, -0.2) is 0 Å². The second-order valence-corrected chi connectivity index (χ2v) is 6.21. The van der Waals surface area contributed by atoms with Gasteiger partial charge in [-0.15, -0.1) is 0 Å². The largest absolute Gasteiger partial charge is 0.367 e. The molecule has 3 aromatic rings. The Morgan fingerprint density at radius 2 is 1.68 bits per heavy atom. The highest BCUT2D eigenvalue weighted by atomic mass is 15.3. The Kier molecular flexibility index (Phi) is 4.07. The van der Waals surface area contributed by atoms with Crippen LogP contribution in [0, 0.1) is 5.41 Å². The Bertz CT molecular complexity index is 916. The summed E-state index contributed by atoms with van der Waals surface area (Å²) in [6.45, 7) is 3.85. The van der Waals surface area contributed by atoms with E-state index in [1.807, 2.05) is 18.2 Å². The van der Waals surface area contributed by atoms with Crippen LogP contribution >= 0.6 is 0 Å². The lowest BCUT2D eigenvalue weighted by molar-refractivity contribution is 0.312. The van der Waals surface area contributed by atoms with E-state index in [4.69, 9.17) is 5.41 Å². The standard InChI is InChI=1S/C18H19N7/c1-24-6-8-25(9-7-24)17-12-23-22-11-14(17)18(19)13-2-3-15-16(10-13)21-5-4-20-15/h2-5,10-12,19H,6-9H2,1H3. The van der Waals surface area contributed by atoms with Crippen LogP contribution in [0.1, 0.15) is 11.1 Å². The van der Waals surface area contributed by atoms with Crippen molar-refractivity contribution in [3.05, 3.63) is 54.1 Å². The van der Waals surface area contributed by atoms with Gasteiger partial charge in [0.25, 0.3) is 0 Å². The van der Waals surface area contributed by atoms with Crippen molar-refractivity contribution < 1.29 is 0 Å². The van der Waals surface area contributed by atoms with Crippen LogP contribution in [0.4, 0.5) is 5.69 Å². The van der Waals surface area contributed by atoms with Crippen LogP contribution in [0.5, 0.6) is 0 Å². The van der Waals surface area contributed by atoms with Crippen LogP contribution in [0.2, 0.25) is 0 Å². The lowest BCUT2D eigenvalue weighted by Gasteiger charge is -2.34. The number of likely N-dealkylation sites (N-methyl/N-ethyl adjacent to an activating group) is 1.